The lowest BCUT2D eigenvalue weighted by molar-refractivity contribution is -0.139. The summed E-state index contributed by atoms with van der Waals surface area (Å²) in [7, 11) is -3.78. The molecule has 3 heterocycles. The molecule has 1 aliphatic heterocycles. The van der Waals surface area contributed by atoms with E-state index in [1.54, 1.807) is 0 Å². The van der Waals surface area contributed by atoms with E-state index in [4.69, 9.17) is 4.42 Å². The van der Waals surface area contributed by atoms with E-state index in [1.807, 2.05) is 0 Å². The van der Waals surface area contributed by atoms with Gasteiger partial charge in [-0.2, -0.15) is 22.6 Å². The maximum Gasteiger partial charge on any atom is 0.421 e. The molecule has 1 saturated carbocycles. The molecule has 2 fully saturated rings. The highest BCUT2D eigenvalue weighted by Gasteiger charge is 2.38. The average Bonchev–Trinajstić information content (AvgIpc) is 3.11. The Morgan fingerprint density at radius 3 is 2.46 bits per heavy atom. The number of alkyl halides is 3. The van der Waals surface area contributed by atoms with E-state index in [0.29, 0.717) is 17.8 Å². The first-order valence-corrected chi connectivity index (χ1v) is 10.4. The summed E-state index contributed by atoms with van der Waals surface area (Å²) >= 11 is 0. The van der Waals surface area contributed by atoms with Gasteiger partial charge in [-0.3, -0.25) is 4.79 Å². The Kier molecular flexibility index (Phi) is 4.61. The Hall–Kier alpha value is -2.14. The molecule has 1 saturated heterocycles. The number of nitrogens with zero attached hydrogens (tertiary/aromatic N) is 3. The fourth-order valence-corrected chi connectivity index (χ4v) is 4.68. The molecule has 2 aromatic rings. The summed E-state index contributed by atoms with van der Waals surface area (Å²) in [5, 5.41) is 3.75. The number of aromatic nitrogens is 2. The zero-order valence-corrected chi connectivity index (χ0v) is 15.6. The molecule has 0 amide bonds. The van der Waals surface area contributed by atoms with E-state index in [1.165, 1.54) is 16.4 Å². The number of rotatable bonds is 5. The third-order valence-corrected chi connectivity index (χ3v) is 6.67. The predicted octanol–water partition coefficient (Wildman–Crippen LogP) is 2.57. The Morgan fingerprint density at radius 2 is 1.86 bits per heavy atom. The van der Waals surface area contributed by atoms with E-state index < -0.39 is 27.3 Å². The van der Waals surface area contributed by atoms with Crippen LogP contribution < -0.4 is 5.56 Å². The Bertz CT molecular complexity index is 1050. The van der Waals surface area contributed by atoms with Crippen molar-refractivity contribution in [3.05, 3.63) is 45.6 Å². The summed E-state index contributed by atoms with van der Waals surface area (Å²) in [5.74, 6) is -0.0379. The molecule has 2 aromatic heterocycles. The van der Waals surface area contributed by atoms with E-state index in [-0.39, 0.29) is 29.0 Å². The maximum atomic E-state index is 13.2. The summed E-state index contributed by atoms with van der Waals surface area (Å²) in [6.07, 6.45) is -1.82. The van der Waals surface area contributed by atoms with Crippen LogP contribution in [0.2, 0.25) is 0 Å². The van der Waals surface area contributed by atoms with Crippen LogP contribution in [0.15, 0.2) is 32.5 Å². The van der Waals surface area contributed by atoms with Crippen LogP contribution in [0, 0.1) is 0 Å². The average molecular weight is 417 g/mol. The van der Waals surface area contributed by atoms with Crippen molar-refractivity contribution < 1.29 is 26.0 Å². The van der Waals surface area contributed by atoms with Crippen LogP contribution in [0.25, 0.3) is 0 Å². The molecule has 0 atom stereocenters. The van der Waals surface area contributed by atoms with Gasteiger partial charge < -0.3 is 4.42 Å². The van der Waals surface area contributed by atoms with Gasteiger partial charge in [0.25, 0.3) is 15.6 Å². The minimum Gasteiger partial charge on any atom is -0.446 e. The number of hydrogen-bond acceptors (Lipinski definition) is 5. The Labute approximate surface area is 158 Å². The molecule has 11 heteroatoms. The molecule has 152 valence electrons. The molecule has 0 spiro atoms. The summed E-state index contributed by atoms with van der Waals surface area (Å²) < 4.78 is 72.0. The number of halogens is 3. The molecular weight excluding hydrogens is 399 g/mol. The van der Waals surface area contributed by atoms with E-state index in [0.717, 1.165) is 31.7 Å². The Morgan fingerprint density at radius 1 is 1.18 bits per heavy atom. The third kappa shape index (κ3) is 3.60. The van der Waals surface area contributed by atoms with Gasteiger partial charge >= 0.3 is 6.18 Å². The van der Waals surface area contributed by atoms with E-state index >= 15 is 0 Å². The van der Waals surface area contributed by atoms with Gasteiger partial charge in [0.1, 0.15) is 17.9 Å². The first kappa shape index (κ1) is 19.2. The molecular formula is C17H18F3N3O4S. The van der Waals surface area contributed by atoms with Crippen molar-refractivity contribution in [1.82, 2.24) is 14.1 Å². The van der Waals surface area contributed by atoms with Gasteiger partial charge in [-0.1, -0.05) is 0 Å². The van der Waals surface area contributed by atoms with Crippen LogP contribution in [0.1, 0.15) is 48.6 Å². The monoisotopic (exact) mass is 417 g/mol. The van der Waals surface area contributed by atoms with Crippen LogP contribution >= 0.6 is 0 Å². The highest BCUT2D eigenvalue weighted by molar-refractivity contribution is 7.89. The second kappa shape index (κ2) is 6.73. The second-order valence-corrected chi connectivity index (χ2v) is 8.92. The number of furan rings is 1. The van der Waals surface area contributed by atoms with Crippen molar-refractivity contribution in [2.45, 2.75) is 49.4 Å². The van der Waals surface area contributed by atoms with Crippen molar-refractivity contribution in [3.63, 3.8) is 0 Å². The summed E-state index contributed by atoms with van der Waals surface area (Å²) in [6, 6.07) is 3.40. The lowest BCUT2D eigenvalue weighted by Gasteiger charge is -2.13. The van der Waals surface area contributed by atoms with Crippen molar-refractivity contribution in [2.75, 3.05) is 13.1 Å². The minimum absolute atomic E-state index is 0.0495. The second-order valence-electron chi connectivity index (χ2n) is 7.05. The predicted molar refractivity (Wildman–Crippen MR) is 91.3 cm³/mol. The van der Waals surface area contributed by atoms with E-state index in [2.05, 4.69) is 5.10 Å². The normalized spacial score (nSPS) is 18.7. The van der Waals surface area contributed by atoms with Gasteiger partial charge in [0, 0.05) is 19.0 Å². The molecule has 2 aliphatic rings. The van der Waals surface area contributed by atoms with Crippen LogP contribution in [0.4, 0.5) is 13.2 Å². The molecule has 0 N–H and O–H groups in total. The molecule has 1 aliphatic carbocycles. The minimum atomic E-state index is -4.79. The van der Waals surface area contributed by atoms with Crippen molar-refractivity contribution in [1.29, 1.82) is 0 Å². The summed E-state index contributed by atoms with van der Waals surface area (Å²) in [5.41, 5.74) is -2.35. The van der Waals surface area contributed by atoms with Crippen molar-refractivity contribution in [3.8, 4) is 0 Å². The SMILES string of the molecule is O=c1c(C(F)(F)F)cc(C2CC2)nn1Cc1ccc(S(=O)(=O)N2CCCC2)o1. The van der Waals surface area contributed by atoms with Gasteiger partial charge in [-0.15, -0.1) is 0 Å². The van der Waals surface area contributed by atoms with Crippen LogP contribution in [0.3, 0.4) is 0 Å². The third-order valence-electron chi connectivity index (χ3n) is 4.90. The van der Waals surface area contributed by atoms with Gasteiger partial charge in [0.15, 0.2) is 0 Å². The lowest BCUT2D eigenvalue weighted by atomic mass is 10.2. The zero-order valence-electron chi connectivity index (χ0n) is 14.8. The highest BCUT2D eigenvalue weighted by atomic mass is 32.2. The largest absolute Gasteiger partial charge is 0.446 e. The fourth-order valence-electron chi connectivity index (χ4n) is 3.24. The zero-order chi connectivity index (χ0) is 20.1. The van der Waals surface area contributed by atoms with Gasteiger partial charge in [-0.05, 0) is 43.9 Å². The van der Waals surface area contributed by atoms with E-state index in [9.17, 15) is 26.4 Å². The maximum absolute atomic E-state index is 13.2. The standard InChI is InChI=1S/C17H18F3N3O4S/c18-17(19,20)13-9-14(11-3-4-11)21-23(16(13)24)10-12-5-6-15(27-12)28(25,26)22-7-1-2-8-22/h5-6,9,11H,1-4,7-8,10H2. The number of sulfonamides is 1. The van der Waals surface area contributed by atoms with Gasteiger partial charge in [0.05, 0.1) is 5.69 Å². The first-order chi connectivity index (χ1) is 13.2. The van der Waals surface area contributed by atoms with Crippen LogP contribution in [-0.2, 0) is 22.7 Å². The first-order valence-electron chi connectivity index (χ1n) is 8.94. The van der Waals surface area contributed by atoms with Crippen molar-refractivity contribution in [2.24, 2.45) is 0 Å². The van der Waals surface area contributed by atoms with Crippen LogP contribution in [-0.4, -0.2) is 35.6 Å². The summed E-state index contributed by atoms with van der Waals surface area (Å²) in [6.45, 7) is 0.424. The Balaban J connectivity index is 1.66. The molecule has 0 radical (unpaired) electrons. The quantitative estimate of drug-likeness (QED) is 0.747. The molecule has 7 nitrogen and oxygen atoms in total. The highest BCUT2D eigenvalue weighted by Crippen LogP contribution is 2.40. The van der Waals surface area contributed by atoms with Gasteiger partial charge in [-0.25, -0.2) is 13.1 Å². The molecule has 4 rings (SSSR count). The smallest absolute Gasteiger partial charge is 0.421 e. The lowest BCUT2D eigenvalue weighted by Crippen LogP contribution is -2.31. The molecule has 0 bridgehead atoms. The topological polar surface area (TPSA) is 85.4 Å². The molecule has 28 heavy (non-hydrogen) atoms. The summed E-state index contributed by atoms with van der Waals surface area (Å²) in [4.78, 5) is 12.2. The van der Waals surface area contributed by atoms with Gasteiger partial charge in [0.2, 0.25) is 5.09 Å². The van der Waals surface area contributed by atoms with Crippen molar-refractivity contribution >= 4 is 10.0 Å². The fraction of sp³-hybridized carbons (Fsp3) is 0.529. The number of hydrogen-bond donors (Lipinski definition) is 0. The van der Waals surface area contributed by atoms with Crippen LogP contribution in [0.5, 0.6) is 0 Å². The molecule has 0 unspecified atom stereocenters. The molecule has 0 aromatic carbocycles.